The van der Waals surface area contributed by atoms with Gasteiger partial charge in [0.25, 0.3) is 0 Å². The topological polar surface area (TPSA) is 61.6 Å². The lowest BCUT2D eigenvalue weighted by Gasteiger charge is -2.25. The molecule has 0 radical (unpaired) electrons. The van der Waals surface area contributed by atoms with E-state index in [4.69, 9.17) is 9.47 Å². The Hall–Kier alpha value is -2.04. The molecule has 0 aliphatic carbocycles. The minimum atomic E-state index is -0.550. The van der Waals surface area contributed by atoms with Gasteiger partial charge in [0.15, 0.2) is 6.10 Å². The van der Waals surface area contributed by atoms with E-state index in [0.717, 1.165) is 16.9 Å². The fraction of sp³-hybridized carbons (Fsp3) is 0.429. The molecule has 1 aromatic carbocycles. The van der Waals surface area contributed by atoms with Gasteiger partial charge in [-0.3, -0.25) is 10.1 Å². The largest absolute Gasteiger partial charge is 0.490 e. The van der Waals surface area contributed by atoms with Gasteiger partial charge in [-0.05, 0) is 32.9 Å². The lowest BCUT2D eigenvalue weighted by Crippen LogP contribution is -2.19. The SMILES string of the molecule is CC1=Cc2c(OC(C)C)cccc2C(C[N+](=O)[O-])O1. The van der Waals surface area contributed by atoms with Crippen molar-refractivity contribution >= 4 is 6.08 Å². The lowest BCUT2D eigenvalue weighted by molar-refractivity contribution is -0.491. The maximum Gasteiger partial charge on any atom is 0.244 e. The van der Waals surface area contributed by atoms with Crippen LogP contribution in [0.2, 0.25) is 0 Å². The van der Waals surface area contributed by atoms with Crippen LogP contribution in [0.1, 0.15) is 38.0 Å². The summed E-state index contributed by atoms with van der Waals surface area (Å²) in [6.07, 6.45) is 1.37. The van der Waals surface area contributed by atoms with Gasteiger partial charge < -0.3 is 9.47 Å². The number of nitrogens with zero attached hydrogens (tertiary/aromatic N) is 1. The van der Waals surface area contributed by atoms with E-state index in [1.807, 2.05) is 38.1 Å². The van der Waals surface area contributed by atoms with Gasteiger partial charge in [-0.15, -0.1) is 0 Å². The van der Waals surface area contributed by atoms with E-state index in [9.17, 15) is 10.1 Å². The summed E-state index contributed by atoms with van der Waals surface area (Å²) in [4.78, 5) is 10.4. The van der Waals surface area contributed by atoms with E-state index in [2.05, 4.69) is 0 Å². The molecule has 0 aromatic heterocycles. The van der Waals surface area contributed by atoms with Crippen LogP contribution in [0.3, 0.4) is 0 Å². The molecule has 0 saturated carbocycles. The average Bonchev–Trinajstić information content (AvgIpc) is 2.28. The van der Waals surface area contributed by atoms with Crippen molar-refractivity contribution in [2.75, 3.05) is 6.54 Å². The van der Waals surface area contributed by atoms with Crippen molar-refractivity contribution in [3.05, 3.63) is 45.2 Å². The first kappa shape index (κ1) is 13.4. The van der Waals surface area contributed by atoms with E-state index in [0.29, 0.717) is 5.76 Å². The fourth-order valence-electron chi connectivity index (χ4n) is 2.15. The average molecular weight is 263 g/mol. The Kier molecular flexibility index (Phi) is 3.74. The Morgan fingerprint density at radius 2 is 2.21 bits per heavy atom. The normalized spacial score (nSPS) is 17.5. The highest BCUT2D eigenvalue weighted by molar-refractivity contribution is 5.64. The minimum absolute atomic E-state index is 0.0528. The Morgan fingerprint density at radius 1 is 1.47 bits per heavy atom. The predicted octanol–water partition coefficient (Wildman–Crippen LogP) is 3.18. The van der Waals surface area contributed by atoms with Crippen molar-refractivity contribution in [1.29, 1.82) is 0 Å². The van der Waals surface area contributed by atoms with Crippen LogP contribution in [0.4, 0.5) is 0 Å². The lowest BCUT2D eigenvalue weighted by atomic mass is 9.98. The second kappa shape index (κ2) is 5.30. The number of ether oxygens (including phenoxy) is 2. The van der Waals surface area contributed by atoms with Crippen molar-refractivity contribution in [1.82, 2.24) is 0 Å². The number of benzene rings is 1. The summed E-state index contributed by atoms with van der Waals surface area (Å²) in [7, 11) is 0. The first-order valence-corrected chi connectivity index (χ1v) is 6.23. The molecule has 0 fully saturated rings. The molecule has 1 unspecified atom stereocenters. The third kappa shape index (κ3) is 3.05. The molecule has 5 heteroatoms. The maximum atomic E-state index is 10.7. The number of hydrogen-bond acceptors (Lipinski definition) is 4. The number of fused-ring (bicyclic) bond motifs is 1. The van der Waals surface area contributed by atoms with E-state index in [1.54, 1.807) is 6.92 Å². The molecule has 0 bridgehead atoms. The third-order valence-electron chi connectivity index (χ3n) is 2.80. The molecular formula is C14H17NO4. The van der Waals surface area contributed by atoms with Gasteiger partial charge in [0.05, 0.1) is 11.9 Å². The van der Waals surface area contributed by atoms with Crippen LogP contribution < -0.4 is 4.74 Å². The Morgan fingerprint density at radius 3 is 2.84 bits per heavy atom. The van der Waals surface area contributed by atoms with Crippen LogP contribution >= 0.6 is 0 Å². The molecule has 5 nitrogen and oxygen atoms in total. The number of nitro groups is 1. The standard InChI is InChI=1S/C14H17NO4/c1-9(2)18-13-6-4-5-11-12(13)7-10(3)19-14(11)8-15(16)17/h4-7,9,14H,8H2,1-3H3. The molecule has 0 N–H and O–H groups in total. The second-order valence-corrected chi connectivity index (χ2v) is 4.80. The van der Waals surface area contributed by atoms with Gasteiger partial charge in [-0.25, -0.2) is 0 Å². The molecule has 2 rings (SSSR count). The van der Waals surface area contributed by atoms with Gasteiger partial charge in [0.2, 0.25) is 6.54 Å². The summed E-state index contributed by atoms with van der Waals surface area (Å²) in [6, 6.07) is 5.55. The summed E-state index contributed by atoms with van der Waals surface area (Å²) < 4.78 is 11.3. The molecule has 1 aromatic rings. The van der Waals surface area contributed by atoms with Crippen LogP contribution in [-0.4, -0.2) is 17.6 Å². The zero-order valence-electron chi connectivity index (χ0n) is 11.3. The summed E-state index contributed by atoms with van der Waals surface area (Å²) in [5.41, 5.74) is 1.69. The highest BCUT2D eigenvalue weighted by Gasteiger charge is 2.27. The first-order chi connectivity index (χ1) is 8.97. The van der Waals surface area contributed by atoms with Crippen molar-refractivity contribution in [3.8, 4) is 5.75 Å². The summed E-state index contributed by atoms with van der Waals surface area (Å²) in [5.74, 6) is 1.41. The number of allylic oxidation sites excluding steroid dienone is 1. The third-order valence-corrected chi connectivity index (χ3v) is 2.80. The maximum absolute atomic E-state index is 10.7. The summed E-state index contributed by atoms with van der Waals surface area (Å²) in [5, 5.41) is 10.7. The molecule has 0 saturated heterocycles. The van der Waals surface area contributed by atoms with E-state index >= 15 is 0 Å². The monoisotopic (exact) mass is 263 g/mol. The van der Waals surface area contributed by atoms with Crippen molar-refractivity contribution in [3.63, 3.8) is 0 Å². The number of rotatable bonds is 4. The number of hydrogen-bond donors (Lipinski definition) is 0. The first-order valence-electron chi connectivity index (χ1n) is 6.23. The Bertz CT molecular complexity index is 522. The molecule has 102 valence electrons. The fourth-order valence-corrected chi connectivity index (χ4v) is 2.15. The van der Waals surface area contributed by atoms with Gasteiger partial charge in [-0.2, -0.15) is 0 Å². The van der Waals surface area contributed by atoms with E-state index < -0.39 is 6.10 Å². The van der Waals surface area contributed by atoms with Crippen LogP contribution in [0.15, 0.2) is 24.0 Å². The molecule has 1 aliphatic rings. The van der Waals surface area contributed by atoms with E-state index in [-0.39, 0.29) is 17.6 Å². The molecule has 19 heavy (non-hydrogen) atoms. The molecule has 1 heterocycles. The highest BCUT2D eigenvalue weighted by atomic mass is 16.6. The summed E-state index contributed by atoms with van der Waals surface area (Å²) >= 11 is 0. The van der Waals surface area contributed by atoms with Crippen molar-refractivity contribution < 1.29 is 14.4 Å². The van der Waals surface area contributed by atoms with Gasteiger partial charge in [0.1, 0.15) is 5.75 Å². The van der Waals surface area contributed by atoms with Crippen LogP contribution in [0, 0.1) is 10.1 Å². The van der Waals surface area contributed by atoms with Crippen molar-refractivity contribution in [2.24, 2.45) is 0 Å². The van der Waals surface area contributed by atoms with Crippen LogP contribution in [-0.2, 0) is 4.74 Å². The van der Waals surface area contributed by atoms with Gasteiger partial charge >= 0.3 is 0 Å². The minimum Gasteiger partial charge on any atom is -0.490 e. The van der Waals surface area contributed by atoms with Gasteiger partial charge in [0, 0.05) is 16.1 Å². The van der Waals surface area contributed by atoms with E-state index in [1.165, 1.54) is 0 Å². The molecular weight excluding hydrogens is 246 g/mol. The molecule has 0 spiro atoms. The quantitative estimate of drug-likeness (QED) is 0.618. The zero-order valence-corrected chi connectivity index (χ0v) is 11.3. The highest BCUT2D eigenvalue weighted by Crippen LogP contribution is 2.36. The smallest absolute Gasteiger partial charge is 0.244 e. The molecule has 1 atom stereocenters. The van der Waals surface area contributed by atoms with Crippen LogP contribution in [0.5, 0.6) is 5.75 Å². The second-order valence-electron chi connectivity index (χ2n) is 4.80. The Labute approximate surface area is 112 Å². The Balaban J connectivity index is 2.42. The zero-order chi connectivity index (χ0) is 14.0. The molecule has 1 aliphatic heterocycles. The van der Waals surface area contributed by atoms with Crippen LogP contribution in [0.25, 0.3) is 6.08 Å². The van der Waals surface area contributed by atoms with Crippen molar-refractivity contribution in [2.45, 2.75) is 33.0 Å². The molecule has 0 amide bonds. The van der Waals surface area contributed by atoms with Gasteiger partial charge in [-0.1, -0.05) is 12.1 Å². The predicted molar refractivity (Wildman–Crippen MR) is 71.5 cm³/mol. The summed E-state index contributed by atoms with van der Waals surface area (Å²) in [6.45, 7) is 5.44.